The highest BCUT2D eigenvalue weighted by molar-refractivity contribution is 5.89. The number of hydrogen-bond acceptors (Lipinski definition) is 4. The Hall–Kier alpha value is -2.98. The summed E-state index contributed by atoms with van der Waals surface area (Å²) in [6.07, 6.45) is 2.42. The van der Waals surface area contributed by atoms with Crippen LogP contribution in [0, 0.1) is 12.3 Å². The van der Waals surface area contributed by atoms with Gasteiger partial charge in [-0.25, -0.2) is 4.98 Å². The lowest BCUT2D eigenvalue weighted by Gasteiger charge is -2.21. The van der Waals surface area contributed by atoms with Gasteiger partial charge in [-0.3, -0.25) is 0 Å². The zero-order valence-corrected chi connectivity index (χ0v) is 14.8. The van der Waals surface area contributed by atoms with Crippen LogP contribution in [-0.2, 0) is 13.0 Å². The number of hydrogen-bond donors (Lipinski definition) is 3. The van der Waals surface area contributed by atoms with Crippen LogP contribution < -0.4 is 10.6 Å². The summed E-state index contributed by atoms with van der Waals surface area (Å²) in [6.45, 7) is 3.92. The summed E-state index contributed by atoms with van der Waals surface area (Å²) in [6, 6.07) is 18.7. The number of aromatic nitrogens is 1. The van der Waals surface area contributed by atoms with Gasteiger partial charge in [0.2, 0.25) is 0 Å². The van der Waals surface area contributed by atoms with Gasteiger partial charge in [0.1, 0.15) is 5.82 Å². The van der Waals surface area contributed by atoms with E-state index in [0.717, 1.165) is 42.3 Å². The normalized spacial score (nSPS) is 13.1. The number of pyridine rings is 1. The summed E-state index contributed by atoms with van der Waals surface area (Å²) in [5, 5.41) is 14.5. The van der Waals surface area contributed by atoms with Gasteiger partial charge in [-0.05, 0) is 60.3 Å². The maximum atomic E-state index is 7.73. The molecule has 0 aliphatic carbocycles. The standard InChI is InChI=1S/C22H22N4/c1-15-4-2-7-22(25-15)26-21-12-16(8-9-17(21)13-23)19-6-3-5-18-14-24-11-10-20(18)19/h2-9,12-13,23-24H,10-11,14H2,1H3,(H,25,26). The second-order valence-corrected chi connectivity index (χ2v) is 6.61. The number of nitrogens with zero attached hydrogens (tertiary/aromatic N) is 1. The van der Waals surface area contributed by atoms with Crippen LogP contribution in [0.2, 0.25) is 0 Å². The predicted octanol–water partition coefficient (Wildman–Crippen LogP) is 4.44. The van der Waals surface area contributed by atoms with E-state index in [1.165, 1.54) is 28.5 Å². The van der Waals surface area contributed by atoms with Crippen molar-refractivity contribution in [2.75, 3.05) is 11.9 Å². The predicted molar refractivity (Wildman–Crippen MR) is 107 cm³/mol. The van der Waals surface area contributed by atoms with Gasteiger partial charge in [0.25, 0.3) is 0 Å². The largest absolute Gasteiger partial charge is 0.340 e. The van der Waals surface area contributed by atoms with Gasteiger partial charge in [0.15, 0.2) is 0 Å². The first-order valence-corrected chi connectivity index (χ1v) is 8.91. The maximum absolute atomic E-state index is 7.73. The van der Waals surface area contributed by atoms with Gasteiger partial charge in [0.05, 0.1) is 0 Å². The van der Waals surface area contributed by atoms with E-state index >= 15 is 0 Å². The Kier molecular flexibility index (Phi) is 4.50. The van der Waals surface area contributed by atoms with Crippen LogP contribution in [0.4, 0.5) is 11.5 Å². The molecule has 0 atom stereocenters. The molecular formula is C22H22N4. The molecule has 4 rings (SSSR count). The van der Waals surface area contributed by atoms with Crippen LogP contribution in [0.1, 0.15) is 22.4 Å². The monoisotopic (exact) mass is 342 g/mol. The molecule has 26 heavy (non-hydrogen) atoms. The highest BCUT2D eigenvalue weighted by atomic mass is 15.0. The Morgan fingerprint density at radius 3 is 2.85 bits per heavy atom. The first kappa shape index (κ1) is 16.5. The molecule has 3 N–H and O–H groups in total. The quantitative estimate of drug-likeness (QED) is 0.614. The van der Waals surface area contributed by atoms with E-state index < -0.39 is 0 Å². The summed E-state index contributed by atoms with van der Waals surface area (Å²) in [5.41, 5.74) is 7.97. The lowest BCUT2D eigenvalue weighted by Crippen LogP contribution is -2.24. The van der Waals surface area contributed by atoms with Crippen molar-refractivity contribution in [2.24, 2.45) is 0 Å². The molecule has 130 valence electrons. The lowest BCUT2D eigenvalue weighted by molar-refractivity contribution is 0.645. The molecule has 1 aromatic heterocycles. The van der Waals surface area contributed by atoms with Crippen molar-refractivity contribution in [1.82, 2.24) is 10.3 Å². The number of rotatable bonds is 4. The van der Waals surface area contributed by atoms with Crippen LogP contribution in [0.3, 0.4) is 0 Å². The highest BCUT2D eigenvalue weighted by Crippen LogP contribution is 2.32. The molecule has 2 heterocycles. The number of anilines is 2. The van der Waals surface area contributed by atoms with Crippen molar-refractivity contribution >= 4 is 17.7 Å². The van der Waals surface area contributed by atoms with E-state index in [2.05, 4.69) is 45.9 Å². The third-order valence-electron chi connectivity index (χ3n) is 4.81. The molecule has 0 bridgehead atoms. The van der Waals surface area contributed by atoms with Gasteiger partial charge in [0, 0.05) is 29.7 Å². The third-order valence-corrected chi connectivity index (χ3v) is 4.81. The molecular weight excluding hydrogens is 320 g/mol. The minimum absolute atomic E-state index is 0.796. The van der Waals surface area contributed by atoms with Crippen molar-refractivity contribution in [1.29, 1.82) is 5.41 Å². The number of aryl methyl sites for hydroxylation is 1. The fourth-order valence-electron chi connectivity index (χ4n) is 3.51. The lowest BCUT2D eigenvalue weighted by atomic mass is 9.91. The molecule has 0 fully saturated rings. The van der Waals surface area contributed by atoms with Crippen molar-refractivity contribution in [3.63, 3.8) is 0 Å². The average molecular weight is 342 g/mol. The van der Waals surface area contributed by atoms with Crippen LogP contribution in [0.5, 0.6) is 0 Å². The summed E-state index contributed by atoms with van der Waals surface area (Å²) in [5.74, 6) is 0.796. The molecule has 0 radical (unpaired) electrons. The van der Waals surface area contributed by atoms with Crippen LogP contribution in [0.25, 0.3) is 11.1 Å². The first-order chi connectivity index (χ1) is 12.7. The summed E-state index contributed by atoms with van der Waals surface area (Å²) < 4.78 is 0. The molecule has 4 nitrogen and oxygen atoms in total. The maximum Gasteiger partial charge on any atom is 0.130 e. The molecule has 0 unspecified atom stereocenters. The fourth-order valence-corrected chi connectivity index (χ4v) is 3.51. The molecule has 3 aromatic rings. The Balaban J connectivity index is 1.76. The Bertz CT molecular complexity index is 962. The average Bonchev–Trinajstić information content (AvgIpc) is 2.67. The summed E-state index contributed by atoms with van der Waals surface area (Å²) in [4.78, 5) is 4.52. The second kappa shape index (κ2) is 7.10. The van der Waals surface area contributed by atoms with E-state index in [4.69, 9.17) is 5.41 Å². The van der Waals surface area contributed by atoms with E-state index in [-0.39, 0.29) is 0 Å². The molecule has 4 heteroatoms. The second-order valence-electron chi connectivity index (χ2n) is 6.61. The van der Waals surface area contributed by atoms with Crippen molar-refractivity contribution in [2.45, 2.75) is 19.9 Å². The SMILES string of the molecule is Cc1cccc(Nc2cc(-c3cccc4c3CCNC4)ccc2C=N)n1. The first-order valence-electron chi connectivity index (χ1n) is 8.91. The molecule has 0 saturated carbocycles. The minimum Gasteiger partial charge on any atom is -0.340 e. The summed E-state index contributed by atoms with van der Waals surface area (Å²) >= 11 is 0. The molecule has 0 saturated heterocycles. The van der Waals surface area contributed by atoms with Gasteiger partial charge in [-0.1, -0.05) is 36.4 Å². The minimum atomic E-state index is 0.796. The van der Waals surface area contributed by atoms with Gasteiger partial charge in [-0.2, -0.15) is 0 Å². The Morgan fingerprint density at radius 2 is 2.00 bits per heavy atom. The topological polar surface area (TPSA) is 60.8 Å². The van der Waals surface area contributed by atoms with Gasteiger partial charge in [-0.15, -0.1) is 0 Å². The van der Waals surface area contributed by atoms with Crippen LogP contribution in [0.15, 0.2) is 54.6 Å². The number of nitrogens with one attached hydrogen (secondary N) is 3. The van der Waals surface area contributed by atoms with Crippen molar-refractivity contribution < 1.29 is 0 Å². The van der Waals surface area contributed by atoms with E-state index in [0.29, 0.717) is 0 Å². The fraction of sp³-hybridized carbons (Fsp3) is 0.182. The van der Waals surface area contributed by atoms with Crippen LogP contribution in [-0.4, -0.2) is 17.7 Å². The zero-order valence-electron chi connectivity index (χ0n) is 14.8. The van der Waals surface area contributed by atoms with E-state index in [1.54, 1.807) is 0 Å². The Labute approximate surface area is 153 Å². The van der Waals surface area contributed by atoms with Gasteiger partial charge < -0.3 is 16.0 Å². The highest BCUT2D eigenvalue weighted by Gasteiger charge is 2.14. The molecule has 0 spiro atoms. The molecule has 2 aromatic carbocycles. The van der Waals surface area contributed by atoms with Gasteiger partial charge >= 0.3 is 0 Å². The third kappa shape index (κ3) is 3.24. The van der Waals surface area contributed by atoms with Crippen molar-refractivity contribution in [3.05, 3.63) is 77.0 Å². The summed E-state index contributed by atoms with van der Waals surface area (Å²) in [7, 11) is 0. The number of benzene rings is 2. The smallest absolute Gasteiger partial charge is 0.130 e. The zero-order chi connectivity index (χ0) is 17.9. The molecule has 1 aliphatic heterocycles. The van der Waals surface area contributed by atoms with E-state index in [9.17, 15) is 0 Å². The molecule has 0 amide bonds. The molecule has 1 aliphatic rings. The van der Waals surface area contributed by atoms with Crippen LogP contribution >= 0.6 is 0 Å². The van der Waals surface area contributed by atoms with Crippen molar-refractivity contribution in [3.8, 4) is 11.1 Å². The Morgan fingerprint density at radius 1 is 1.12 bits per heavy atom. The number of fused-ring (bicyclic) bond motifs is 1. The van der Waals surface area contributed by atoms with E-state index in [1.807, 2.05) is 31.2 Å².